The summed E-state index contributed by atoms with van der Waals surface area (Å²) in [5.41, 5.74) is 1.16. The first-order chi connectivity index (χ1) is 11.7. The normalized spacial score (nSPS) is 10.9. The third kappa shape index (κ3) is 7.33. The summed E-state index contributed by atoms with van der Waals surface area (Å²) in [5, 5.41) is 6.66. The van der Waals surface area contributed by atoms with Crippen molar-refractivity contribution in [3.05, 3.63) is 48.0 Å². The van der Waals surface area contributed by atoms with Gasteiger partial charge in [0.25, 0.3) is 0 Å². The Kier molecular flexibility index (Phi) is 9.98. The monoisotopic (exact) mass is 457 g/mol. The number of nitrogens with one attached hydrogen (secondary N) is 2. The van der Waals surface area contributed by atoms with Crippen molar-refractivity contribution in [1.82, 2.24) is 20.2 Å². The van der Waals surface area contributed by atoms with Crippen LogP contribution in [0, 0.1) is 6.92 Å². The van der Waals surface area contributed by atoms with Crippen LogP contribution in [0.2, 0.25) is 0 Å². The summed E-state index contributed by atoms with van der Waals surface area (Å²) in [7, 11) is 3.47. The van der Waals surface area contributed by atoms with E-state index in [1.54, 1.807) is 14.2 Å². The molecule has 1 heterocycles. The molecule has 0 aliphatic heterocycles. The van der Waals surface area contributed by atoms with E-state index < -0.39 is 0 Å². The Morgan fingerprint density at radius 3 is 2.80 bits per heavy atom. The number of aromatic nitrogens is 2. The molecule has 0 amide bonds. The van der Waals surface area contributed by atoms with Gasteiger partial charge < -0.3 is 19.9 Å². The third-order valence-corrected chi connectivity index (χ3v) is 3.86. The second-order valence-electron chi connectivity index (χ2n) is 5.58. The summed E-state index contributed by atoms with van der Waals surface area (Å²) in [6.45, 7) is 4.64. The van der Waals surface area contributed by atoms with Crippen molar-refractivity contribution in [3.63, 3.8) is 0 Å². The minimum absolute atomic E-state index is 0. The molecule has 0 spiro atoms. The van der Waals surface area contributed by atoms with Crippen molar-refractivity contribution in [2.45, 2.75) is 32.9 Å². The number of hydrogen-bond acceptors (Lipinski definition) is 3. The van der Waals surface area contributed by atoms with Gasteiger partial charge in [0.15, 0.2) is 5.96 Å². The molecule has 1 aromatic carbocycles. The van der Waals surface area contributed by atoms with Crippen LogP contribution in [-0.2, 0) is 13.1 Å². The van der Waals surface area contributed by atoms with E-state index in [9.17, 15) is 0 Å². The van der Waals surface area contributed by atoms with Gasteiger partial charge in [-0.1, -0.05) is 12.1 Å². The Morgan fingerprint density at radius 1 is 1.28 bits per heavy atom. The molecule has 0 saturated carbocycles. The molecule has 0 saturated heterocycles. The van der Waals surface area contributed by atoms with Crippen molar-refractivity contribution in [3.8, 4) is 5.75 Å². The Hall–Kier alpha value is -1.77. The molecule has 6 nitrogen and oxygen atoms in total. The maximum absolute atomic E-state index is 5.24. The summed E-state index contributed by atoms with van der Waals surface area (Å²) in [4.78, 5) is 8.49. The maximum Gasteiger partial charge on any atom is 0.191 e. The van der Waals surface area contributed by atoms with E-state index in [0.717, 1.165) is 49.0 Å². The molecule has 7 heteroatoms. The van der Waals surface area contributed by atoms with Crippen LogP contribution in [0.3, 0.4) is 0 Å². The molecule has 0 atom stereocenters. The number of nitrogens with zero attached hydrogens (tertiary/aromatic N) is 3. The van der Waals surface area contributed by atoms with Crippen molar-refractivity contribution >= 4 is 29.9 Å². The average Bonchev–Trinajstić information content (AvgIpc) is 3.02. The zero-order chi connectivity index (χ0) is 17.2. The molecule has 138 valence electrons. The number of halogens is 1. The molecule has 2 rings (SSSR count). The third-order valence-electron chi connectivity index (χ3n) is 3.86. The van der Waals surface area contributed by atoms with E-state index in [1.165, 1.54) is 0 Å². The van der Waals surface area contributed by atoms with Gasteiger partial charge in [0.05, 0.1) is 7.11 Å². The van der Waals surface area contributed by atoms with Gasteiger partial charge in [-0.3, -0.25) is 4.99 Å². The number of imidazole rings is 1. The summed E-state index contributed by atoms with van der Waals surface area (Å²) in [6, 6.07) is 8.02. The van der Waals surface area contributed by atoms with Gasteiger partial charge in [-0.25, -0.2) is 4.98 Å². The van der Waals surface area contributed by atoms with E-state index in [0.29, 0.717) is 6.54 Å². The van der Waals surface area contributed by atoms with Crippen LogP contribution in [0.5, 0.6) is 5.75 Å². The van der Waals surface area contributed by atoms with Crippen LogP contribution in [0.4, 0.5) is 0 Å². The topological polar surface area (TPSA) is 63.5 Å². The maximum atomic E-state index is 5.24. The van der Waals surface area contributed by atoms with Crippen LogP contribution >= 0.6 is 24.0 Å². The van der Waals surface area contributed by atoms with E-state index in [4.69, 9.17) is 4.74 Å². The molecule has 0 radical (unpaired) electrons. The van der Waals surface area contributed by atoms with Gasteiger partial charge in [0.1, 0.15) is 11.6 Å². The van der Waals surface area contributed by atoms with E-state index in [-0.39, 0.29) is 24.0 Å². The average molecular weight is 457 g/mol. The highest BCUT2D eigenvalue weighted by molar-refractivity contribution is 14.0. The largest absolute Gasteiger partial charge is 0.497 e. The van der Waals surface area contributed by atoms with Gasteiger partial charge in [0, 0.05) is 39.1 Å². The number of rotatable bonds is 8. The first-order valence-corrected chi connectivity index (χ1v) is 8.28. The summed E-state index contributed by atoms with van der Waals surface area (Å²) in [5.74, 6) is 2.75. The van der Waals surface area contributed by atoms with E-state index in [1.807, 2.05) is 37.5 Å². The molecular formula is C18H28IN5O. The minimum atomic E-state index is 0. The molecule has 25 heavy (non-hydrogen) atoms. The van der Waals surface area contributed by atoms with Crippen molar-refractivity contribution in [2.24, 2.45) is 4.99 Å². The Labute approximate surface area is 167 Å². The highest BCUT2D eigenvalue weighted by atomic mass is 127. The first kappa shape index (κ1) is 21.3. The Bertz CT molecular complexity index is 656. The van der Waals surface area contributed by atoms with Gasteiger partial charge in [-0.15, -0.1) is 24.0 Å². The fraction of sp³-hybridized carbons (Fsp3) is 0.444. The number of benzene rings is 1. The summed E-state index contributed by atoms with van der Waals surface area (Å²) in [6.07, 6.45) is 6.06. The highest BCUT2D eigenvalue weighted by Gasteiger charge is 2.00. The standard InChI is InChI=1S/C18H27N5O.HI/c1-15-20-10-12-23(15)11-5-4-9-21-18(19-2)22-14-16-7-6-8-17(13-16)24-3;/h6-8,10,12-13H,4-5,9,11,14H2,1-3H3,(H2,19,21,22);1H. The zero-order valence-electron chi connectivity index (χ0n) is 15.2. The summed E-state index contributed by atoms with van der Waals surface area (Å²) < 4.78 is 7.42. The quantitative estimate of drug-likeness (QED) is 0.277. The summed E-state index contributed by atoms with van der Waals surface area (Å²) >= 11 is 0. The molecule has 0 unspecified atom stereocenters. The van der Waals surface area contributed by atoms with Crippen LogP contribution in [0.15, 0.2) is 41.7 Å². The zero-order valence-corrected chi connectivity index (χ0v) is 17.5. The second-order valence-corrected chi connectivity index (χ2v) is 5.58. The predicted octanol–water partition coefficient (Wildman–Crippen LogP) is 2.96. The van der Waals surface area contributed by atoms with Crippen LogP contribution in [-0.4, -0.2) is 36.2 Å². The SMILES string of the molecule is CN=C(NCCCCn1ccnc1C)NCc1cccc(OC)c1.I. The predicted molar refractivity (Wildman–Crippen MR) is 113 cm³/mol. The van der Waals surface area contributed by atoms with Crippen LogP contribution in [0.25, 0.3) is 0 Å². The lowest BCUT2D eigenvalue weighted by Crippen LogP contribution is -2.37. The van der Waals surface area contributed by atoms with Crippen LogP contribution in [0.1, 0.15) is 24.2 Å². The molecular weight excluding hydrogens is 429 g/mol. The number of hydrogen-bond donors (Lipinski definition) is 2. The smallest absolute Gasteiger partial charge is 0.191 e. The lowest BCUT2D eigenvalue weighted by Gasteiger charge is -2.12. The van der Waals surface area contributed by atoms with Gasteiger partial charge in [0.2, 0.25) is 0 Å². The minimum Gasteiger partial charge on any atom is -0.497 e. The van der Waals surface area contributed by atoms with Crippen molar-refractivity contribution < 1.29 is 4.74 Å². The van der Waals surface area contributed by atoms with Gasteiger partial charge >= 0.3 is 0 Å². The van der Waals surface area contributed by atoms with Gasteiger partial charge in [-0.2, -0.15) is 0 Å². The molecule has 2 N–H and O–H groups in total. The highest BCUT2D eigenvalue weighted by Crippen LogP contribution is 2.12. The molecule has 0 fully saturated rings. The van der Waals surface area contributed by atoms with Crippen molar-refractivity contribution in [1.29, 1.82) is 0 Å². The number of ether oxygens (including phenoxy) is 1. The molecule has 0 aliphatic carbocycles. The lowest BCUT2D eigenvalue weighted by molar-refractivity contribution is 0.414. The fourth-order valence-electron chi connectivity index (χ4n) is 2.44. The molecule has 2 aromatic rings. The number of aliphatic imine (C=N–C) groups is 1. The number of aryl methyl sites for hydroxylation is 2. The molecule has 0 bridgehead atoms. The second kappa shape index (κ2) is 11.7. The Morgan fingerprint density at radius 2 is 2.12 bits per heavy atom. The van der Waals surface area contributed by atoms with Gasteiger partial charge in [-0.05, 0) is 37.5 Å². The van der Waals surface area contributed by atoms with Crippen LogP contribution < -0.4 is 15.4 Å². The fourth-order valence-corrected chi connectivity index (χ4v) is 2.44. The van der Waals surface area contributed by atoms with Crippen molar-refractivity contribution in [2.75, 3.05) is 20.7 Å². The number of guanidine groups is 1. The molecule has 0 aliphatic rings. The number of unbranched alkanes of at least 4 members (excludes halogenated alkanes) is 1. The van der Waals surface area contributed by atoms with E-state index >= 15 is 0 Å². The molecule has 1 aromatic heterocycles. The number of methoxy groups -OCH3 is 1. The van der Waals surface area contributed by atoms with E-state index in [2.05, 4.69) is 31.2 Å². The lowest BCUT2D eigenvalue weighted by atomic mass is 10.2. The Balaban J connectivity index is 0.00000312. The first-order valence-electron chi connectivity index (χ1n) is 8.28.